The van der Waals surface area contributed by atoms with Gasteiger partial charge in [-0.15, -0.1) is 10.2 Å². The van der Waals surface area contributed by atoms with Gasteiger partial charge >= 0.3 is 0 Å². The number of amides is 1. The molecule has 3 aromatic rings. The molecule has 7 nitrogen and oxygen atoms in total. The van der Waals surface area contributed by atoms with Gasteiger partial charge in [0.05, 0.1) is 20.8 Å². The fourth-order valence-corrected chi connectivity index (χ4v) is 2.97. The van der Waals surface area contributed by atoms with Crippen LogP contribution in [0.25, 0.3) is 11.5 Å². The summed E-state index contributed by atoms with van der Waals surface area (Å²) in [7, 11) is 4.76. The van der Waals surface area contributed by atoms with Crippen LogP contribution in [0.3, 0.4) is 0 Å². The van der Waals surface area contributed by atoms with E-state index in [-0.39, 0.29) is 17.9 Å². The molecule has 0 spiro atoms. The van der Waals surface area contributed by atoms with Gasteiger partial charge in [-0.05, 0) is 35.2 Å². The number of nitrogens with zero attached hydrogens (tertiary/aromatic N) is 3. The summed E-state index contributed by atoms with van der Waals surface area (Å²) < 4.78 is 16.2. The summed E-state index contributed by atoms with van der Waals surface area (Å²) in [5.41, 5.74) is 2.59. The predicted molar refractivity (Wildman–Crippen MR) is 114 cm³/mol. The van der Waals surface area contributed by atoms with Gasteiger partial charge in [0.1, 0.15) is 11.5 Å². The first kappa shape index (κ1) is 21.4. The zero-order valence-electron chi connectivity index (χ0n) is 18.2. The lowest BCUT2D eigenvalue weighted by Crippen LogP contribution is -2.26. The second kappa shape index (κ2) is 8.57. The summed E-state index contributed by atoms with van der Waals surface area (Å²) in [6, 6.07) is 13.1. The number of methoxy groups -OCH3 is 2. The molecule has 0 aliphatic heterocycles. The highest BCUT2D eigenvalue weighted by atomic mass is 16.5. The van der Waals surface area contributed by atoms with E-state index < -0.39 is 0 Å². The topological polar surface area (TPSA) is 77.7 Å². The summed E-state index contributed by atoms with van der Waals surface area (Å²) in [6.45, 7) is 6.68. The molecule has 0 bridgehead atoms. The SMILES string of the molecule is COc1cc(OC)cc(C(=O)N(C)Cc2nnc(-c3ccc(C(C)(C)C)cc3)o2)c1. The highest BCUT2D eigenvalue weighted by Gasteiger charge is 2.18. The predicted octanol–water partition coefficient (Wildman–Crippen LogP) is 4.32. The van der Waals surface area contributed by atoms with Crippen molar-refractivity contribution < 1.29 is 18.7 Å². The fourth-order valence-electron chi connectivity index (χ4n) is 2.97. The Morgan fingerprint density at radius 2 is 1.60 bits per heavy atom. The van der Waals surface area contributed by atoms with E-state index in [1.807, 2.05) is 12.1 Å². The van der Waals surface area contributed by atoms with Crippen molar-refractivity contribution in [3.05, 3.63) is 59.5 Å². The van der Waals surface area contributed by atoms with E-state index in [1.54, 1.807) is 39.5 Å². The third kappa shape index (κ3) is 4.79. The van der Waals surface area contributed by atoms with Crippen LogP contribution >= 0.6 is 0 Å². The molecule has 0 fully saturated rings. The molecule has 0 unspecified atom stereocenters. The molecule has 0 aliphatic carbocycles. The molecular weight excluding hydrogens is 382 g/mol. The Bertz CT molecular complexity index is 997. The lowest BCUT2D eigenvalue weighted by molar-refractivity contribution is 0.0772. The van der Waals surface area contributed by atoms with Crippen LogP contribution in [0.1, 0.15) is 42.6 Å². The quantitative estimate of drug-likeness (QED) is 0.603. The van der Waals surface area contributed by atoms with Gasteiger partial charge in [0.15, 0.2) is 0 Å². The summed E-state index contributed by atoms with van der Waals surface area (Å²) in [6.07, 6.45) is 0. The van der Waals surface area contributed by atoms with Gasteiger partial charge in [-0.1, -0.05) is 32.9 Å². The molecule has 1 heterocycles. The van der Waals surface area contributed by atoms with E-state index in [2.05, 4.69) is 43.1 Å². The first-order valence-corrected chi connectivity index (χ1v) is 9.63. The van der Waals surface area contributed by atoms with Crippen LogP contribution in [0.5, 0.6) is 11.5 Å². The monoisotopic (exact) mass is 409 g/mol. The number of hydrogen-bond acceptors (Lipinski definition) is 6. The maximum atomic E-state index is 12.8. The molecule has 158 valence electrons. The van der Waals surface area contributed by atoms with Gasteiger partial charge in [0.2, 0.25) is 11.8 Å². The third-order valence-corrected chi connectivity index (χ3v) is 4.78. The number of carbonyl (C=O) groups is 1. The molecule has 0 saturated heterocycles. The Morgan fingerprint density at radius 1 is 1.00 bits per heavy atom. The molecule has 0 saturated carbocycles. The van der Waals surface area contributed by atoms with Gasteiger partial charge in [-0.2, -0.15) is 0 Å². The molecule has 3 rings (SSSR count). The zero-order chi connectivity index (χ0) is 21.9. The van der Waals surface area contributed by atoms with Crippen molar-refractivity contribution in [2.45, 2.75) is 32.7 Å². The van der Waals surface area contributed by atoms with Crippen molar-refractivity contribution in [3.63, 3.8) is 0 Å². The molecular formula is C23H27N3O4. The van der Waals surface area contributed by atoms with Crippen LogP contribution in [-0.2, 0) is 12.0 Å². The average Bonchev–Trinajstić information content (AvgIpc) is 3.20. The molecule has 2 aromatic carbocycles. The molecule has 1 aromatic heterocycles. The van der Waals surface area contributed by atoms with Crippen molar-refractivity contribution in [1.82, 2.24) is 15.1 Å². The number of benzene rings is 2. The Morgan fingerprint density at radius 3 is 2.13 bits per heavy atom. The fraction of sp³-hybridized carbons (Fsp3) is 0.348. The van der Waals surface area contributed by atoms with Gasteiger partial charge < -0.3 is 18.8 Å². The standard InChI is InChI=1S/C23H27N3O4/c1-23(2,3)17-9-7-15(8-10-17)21-25-24-20(30-21)14-26(4)22(27)16-11-18(28-5)13-19(12-16)29-6/h7-13H,14H2,1-6H3. The molecule has 7 heteroatoms. The third-order valence-electron chi connectivity index (χ3n) is 4.78. The number of carbonyl (C=O) groups excluding carboxylic acids is 1. The molecule has 1 amide bonds. The average molecular weight is 409 g/mol. The summed E-state index contributed by atoms with van der Waals surface area (Å²) in [4.78, 5) is 14.3. The zero-order valence-corrected chi connectivity index (χ0v) is 18.2. The smallest absolute Gasteiger partial charge is 0.254 e. The summed E-state index contributed by atoms with van der Waals surface area (Å²) in [5, 5.41) is 8.21. The number of ether oxygens (including phenoxy) is 2. The number of aromatic nitrogens is 2. The van der Waals surface area contributed by atoms with Crippen LogP contribution in [0.4, 0.5) is 0 Å². The highest BCUT2D eigenvalue weighted by Crippen LogP contribution is 2.26. The summed E-state index contributed by atoms with van der Waals surface area (Å²) in [5.74, 6) is 1.67. The summed E-state index contributed by atoms with van der Waals surface area (Å²) >= 11 is 0. The van der Waals surface area contributed by atoms with Gasteiger partial charge in [0, 0.05) is 24.2 Å². The minimum absolute atomic E-state index is 0.0738. The Hall–Kier alpha value is -3.35. The second-order valence-electron chi connectivity index (χ2n) is 8.09. The van der Waals surface area contributed by atoms with Crippen molar-refractivity contribution in [2.24, 2.45) is 0 Å². The van der Waals surface area contributed by atoms with Crippen molar-refractivity contribution >= 4 is 5.91 Å². The molecule has 0 atom stereocenters. The Labute approximate surface area is 176 Å². The lowest BCUT2D eigenvalue weighted by Gasteiger charge is -2.18. The first-order valence-electron chi connectivity index (χ1n) is 9.63. The maximum absolute atomic E-state index is 12.8. The molecule has 0 radical (unpaired) electrons. The van der Waals surface area contributed by atoms with E-state index >= 15 is 0 Å². The van der Waals surface area contributed by atoms with Crippen LogP contribution in [0, 0.1) is 0 Å². The van der Waals surface area contributed by atoms with E-state index in [4.69, 9.17) is 13.9 Å². The maximum Gasteiger partial charge on any atom is 0.254 e. The van der Waals surface area contributed by atoms with Gasteiger partial charge in [-0.25, -0.2) is 0 Å². The normalized spacial score (nSPS) is 11.3. The van der Waals surface area contributed by atoms with E-state index in [9.17, 15) is 4.79 Å². The number of hydrogen-bond donors (Lipinski definition) is 0. The Balaban J connectivity index is 1.73. The van der Waals surface area contributed by atoms with Gasteiger partial charge in [0.25, 0.3) is 5.91 Å². The van der Waals surface area contributed by atoms with Crippen LogP contribution in [-0.4, -0.2) is 42.3 Å². The van der Waals surface area contributed by atoms with Gasteiger partial charge in [-0.3, -0.25) is 4.79 Å². The number of rotatable bonds is 6. The first-order chi connectivity index (χ1) is 14.2. The highest BCUT2D eigenvalue weighted by molar-refractivity contribution is 5.94. The Kier molecular flexibility index (Phi) is 6.10. The lowest BCUT2D eigenvalue weighted by atomic mass is 9.87. The van der Waals surface area contributed by atoms with E-state index in [0.717, 1.165) is 5.56 Å². The van der Waals surface area contributed by atoms with Crippen molar-refractivity contribution in [2.75, 3.05) is 21.3 Å². The largest absolute Gasteiger partial charge is 0.497 e. The van der Waals surface area contributed by atoms with Crippen molar-refractivity contribution in [1.29, 1.82) is 0 Å². The second-order valence-corrected chi connectivity index (χ2v) is 8.09. The van der Waals surface area contributed by atoms with E-state index in [0.29, 0.717) is 28.8 Å². The molecule has 0 aliphatic rings. The minimum atomic E-state index is -0.207. The van der Waals surface area contributed by atoms with Crippen LogP contribution in [0.15, 0.2) is 46.9 Å². The van der Waals surface area contributed by atoms with Crippen molar-refractivity contribution in [3.8, 4) is 23.0 Å². The molecule has 30 heavy (non-hydrogen) atoms. The van der Waals surface area contributed by atoms with E-state index in [1.165, 1.54) is 10.5 Å². The van der Waals surface area contributed by atoms with Crippen LogP contribution < -0.4 is 9.47 Å². The van der Waals surface area contributed by atoms with Crippen LogP contribution in [0.2, 0.25) is 0 Å². The minimum Gasteiger partial charge on any atom is -0.497 e. The molecule has 0 N–H and O–H groups in total.